The summed E-state index contributed by atoms with van der Waals surface area (Å²) in [4.78, 5) is 0. The van der Waals surface area contributed by atoms with Gasteiger partial charge in [-0.15, -0.1) is 0 Å². The van der Waals surface area contributed by atoms with Gasteiger partial charge in [-0.1, -0.05) is 160 Å². The van der Waals surface area contributed by atoms with Crippen molar-refractivity contribution in [1.29, 1.82) is 0 Å². The van der Waals surface area contributed by atoms with Crippen LogP contribution in [0.5, 0.6) is 0 Å². The van der Waals surface area contributed by atoms with Crippen LogP contribution in [0.4, 0.5) is 0 Å². The number of aliphatic hydroxyl groups excluding tert-OH is 3. The van der Waals surface area contributed by atoms with Crippen LogP contribution in [0.25, 0.3) is 0 Å². The number of hydrogen-bond donors (Lipinski definition) is 4. The minimum Gasteiger partial charge on any atom is -0.395 e. The molecule has 1 aromatic rings. The highest BCUT2D eigenvalue weighted by Crippen LogP contribution is 2.47. The number of benzene rings is 1. The highest BCUT2D eigenvalue weighted by molar-refractivity contribution is 5.27. The van der Waals surface area contributed by atoms with Gasteiger partial charge in [-0.3, -0.25) is 0 Å². The first-order chi connectivity index (χ1) is 18.0. The minimum absolute atomic E-state index is 0.420. The van der Waals surface area contributed by atoms with Gasteiger partial charge >= 0.3 is 0 Å². The molecule has 0 aliphatic rings. The fourth-order valence-corrected chi connectivity index (χ4v) is 5.81. The third-order valence-corrected chi connectivity index (χ3v) is 8.50. The van der Waals surface area contributed by atoms with Crippen molar-refractivity contribution < 1.29 is 20.4 Å². The van der Waals surface area contributed by atoms with Crippen molar-refractivity contribution in [2.45, 2.75) is 154 Å². The van der Waals surface area contributed by atoms with Gasteiger partial charge in [0.05, 0.1) is 24.7 Å². The summed E-state index contributed by atoms with van der Waals surface area (Å²) in [5.74, 6) is 0. The van der Waals surface area contributed by atoms with E-state index in [4.69, 9.17) is 0 Å². The number of rotatable bonds is 25. The Hall–Kier alpha value is -0.940. The summed E-state index contributed by atoms with van der Waals surface area (Å²) in [6, 6.07) is 9.38. The first-order valence-corrected chi connectivity index (χ1v) is 15.7. The first kappa shape index (κ1) is 34.1. The molecule has 4 N–H and O–H groups in total. The zero-order valence-corrected chi connectivity index (χ0v) is 24.3. The summed E-state index contributed by atoms with van der Waals surface area (Å²) in [5, 5.41) is 44.5. The smallest absolute Gasteiger partial charge is 0.102 e. The molecule has 0 heterocycles. The predicted octanol–water partition coefficient (Wildman–Crippen LogP) is 8.05. The summed E-state index contributed by atoms with van der Waals surface area (Å²) in [5.41, 5.74) is -2.21. The average molecular weight is 521 g/mol. The van der Waals surface area contributed by atoms with E-state index in [-0.39, 0.29) is 0 Å². The Morgan fingerprint density at radius 2 is 1.00 bits per heavy atom. The molecule has 0 aliphatic heterocycles. The normalized spacial score (nSPS) is 14.5. The van der Waals surface area contributed by atoms with Crippen molar-refractivity contribution in [1.82, 2.24) is 0 Å². The lowest BCUT2D eigenvalue weighted by molar-refractivity contribution is -0.196. The van der Waals surface area contributed by atoms with Gasteiger partial charge in [0.1, 0.15) is 5.60 Å². The van der Waals surface area contributed by atoms with Crippen LogP contribution in [-0.4, -0.2) is 39.7 Å². The molecule has 1 aromatic carbocycles. The van der Waals surface area contributed by atoms with Crippen LogP contribution in [0, 0.1) is 5.41 Å². The topological polar surface area (TPSA) is 80.9 Å². The Kier molecular flexibility index (Phi) is 19.3. The van der Waals surface area contributed by atoms with Gasteiger partial charge in [-0.05, 0) is 18.4 Å². The van der Waals surface area contributed by atoms with Gasteiger partial charge in [-0.25, -0.2) is 0 Å². The molecule has 37 heavy (non-hydrogen) atoms. The molecule has 0 amide bonds. The quantitative estimate of drug-likeness (QED) is 0.0983. The fourth-order valence-electron chi connectivity index (χ4n) is 5.81. The summed E-state index contributed by atoms with van der Waals surface area (Å²) >= 11 is 0. The first-order valence-electron chi connectivity index (χ1n) is 15.7. The maximum absolute atomic E-state index is 12.1. The SMILES string of the molecule is CCCCCCCCCCCCCC(O)(c1ccccc1)C(CO)(CO)C(O)CCCCCCCCC. The minimum atomic E-state index is -1.49. The molecule has 0 saturated heterocycles. The van der Waals surface area contributed by atoms with E-state index in [1.165, 1.54) is 77.0 Å². The summed E-state index contributed by atoms with van der Waals surface area (Å²) < 4.78 is 0. The van der Waals surface area contributed by atoms with Gasteiger partial charge in [0.2, 0.25) is 0 Å². The van der Waals surface area contributed by atoms with Crippen molar-refractivity contribution in [2.24, 2.45) is 5.41 Å². The molecule has 0 spiro atoms. The molecule has 0 radical (unpaired) electrons. The third kappa shape index (κ3) is 11.8. The van der Waals surface area contributed by atoms with Crippen molar-refractivity contribution in [3.63, 3.8) is 0 Å². The number of unbranched alkanes of at least 4 members (excludes halogenated alkanes) is 16. The largest absolute Gasteiger partial charge is 0.395 e. The number of hydrogen-bond acceptors (Lipinski definition) is 4. The zero-order chi connectivity index (χ0) is 27.2. The lowest BCUT2D eigenvalue weighted by Crippen LogP contribution is -2.58. The van der Waals surface area contributed by atoms with Crippen molar-refractivity contribution in [3.05, 3.63) is 35.9 Å². The maximum atomic E-state index is 12.1. The van der Waals surface area contributed by atoms with Gasteiger partial charge < -0.3 is 20.4 Å². The Balaban J connectivity index is 2.69. The number of aliphatic hydroxyl groups is 4. The molecule has 2 unspecified atom stereocenters. The Labute approximate surface area is 228 Å². The standard InChI is InChI=1S/C33H60O4/c1-3-5-7-9-11-12-13-14-16-18-23-27-33(37,30-24-20-19-21-25-30)32(28-34,29-35)31(36)26-22-17-15-10-8-6-4-2/h19-21,24-25,31,34-37H,3-18,22-23,26-29H2,1-2H3. The Morgan fingerprint density at radius 3 is 1.43 bits per heavy atom. The molecule has 216 valence electrons. The van der Waals surface area contributed by atoms with Crippen molar-refractivity contribution in [3.8, 4) is 0 Å². The van der Waals surface area contributed by atoms with E-state index in [0.29, 0.717) is 18.4 Å². The third-order valence-electron chi connectivity index (χ3n) is 8.50. The molecule has 0 bridgehead atoms. The zero-order valence-electron chi connectivity index (χ0n) is 24.3. The van der Waals surface area contributed by atoms with E-state index in [0.717, 1.165) is 38.5 Å². The maximum Gasteiger partial charge on any atom is 0.102 e. The lowest BCUT2D eigenvalue weighted by Gasteiger charge is -2.48. The molecule has 0 saturated carbocycles. The molecular weight excluding hydrogens is 460 g/mol. The van der Waals surface area contributed by atoms with E-state index >= 15 is 0 Å². The molecule has 2 atom stereocenters. The van der Waals surface area contributed by atoms with Gasteiger partial charge in [-0.2, -0.15) is 0 Å². The van der Waals surface area contributed by atoms with Crippen LogP contribution >= 0.6 is 0 Å². The Bertz CT molecular complexity index is 630. The van der Waals surface area contributed by atoms with Crippen molar-refractivity contribution in [2.75, 3.05) is 13.2 Å². The van der Waals surface area contributed by atoms with E-state index in [2.05, 4.69) is 13.8 Å². The van der Waals surface area contributed by atoms with Crippen LogP contribution in [0.2, 0.25) is 0 Å². The molecule has 4 nitrogen and oxygen atoms in total. The Morgan fingerprint density at radius 1 is 0.595 bits per heavy atom. The molecule has 0 aliphatic carbocycles. The van der Waals surface area contributed by atoms with Crippen LogP contribution in [-0.2, 0) is 5.60 Å². The van der Waals surface area contributed by atoms with Crippen LogP contribution in [0.1, 0.15) is 148 Å². The second kappa shape index (κ2) is 21.0. The van der Waals surface area contributed by atoms with E-state index in [1.54, 1.807) is 0 Å². The highest BCUT2D eigenvalue weighted by atomic mass is 16.3. The van der Waals surface area contributed by atoms with Gasteiger partial charge in [0, 0.05) is 0 Å². The average Bonchev–Trinajstić information content (AvgIpc) is 2.92. The second-order valence-electron chi connectivity index (χ2n) is 11.4. The van der Waals surface area contributed by atoms with E-state index in [9.17, 15) is 20.4 Å². The van der Waals surface area contributed by atoms with Crippen LogP contribution in [0.3, 0.4) is 0 Å². The van der Waals surface area contributed by atoms with Crippen LogP contribution < -0.4 is 0 Å². The molecular formula is C33H60O4. The fraction of sp³-hybridized carbons (Fsp3) is 0.818. The van der Waals surface area contributed by atoms with E-state index < -0.39 is 30.3 Å². The molecule has 4 heteroatoms. The van der Waals surface area contributed by atoms with Gasteiger partial charge in [0.15, 0.2) is 0 Å². The van der Waals surface area contributed by atoms with E-state index in [1.807, 2.05) is 30.3 Å². The van der Waals surface area contributed by atoms with Crippen LogP contribution in [0.15, 0.2) is 30.3 Å². The second-order valence-corrected chi connectivity index (χ2v) is 11.4. The summed E-state index contributed by atoms with van der Waals surface area (Å²) in [6.45, 7) is 3.56. The monoisotopic (exact) mass is 520 g/mol. The molecule has 0 fully saturated rings. The lowest BCUT2D eigenvalue weighted by atomic mass is 9.62. The molecule has 1 rings (SSSR count). The molecule has 0 aromatic heterocycles. The van der Waals surface area contributed by atoms with Crippen molar-refractivity contribution >= 4 is 0 Å². The summed E-state index contributed by atoms with van der Waals surface area (Å²) in [6.07, 6.45) is 21.3. The summed E-state index contributed by atoms with van der Waals surface area (Å²) in [7, 11) is 0. The predicted molar refractivity (Wildman–Crippen MR) is 157 cm³/mol. The van der Waals surface area contributed by atoms with Gasteiger partial charge in [0.25, 0.3) is 0 Å². The highest BCUT2D eigenvalue weighted by Gasteiger charge is 2.54.